The summed E-state index contributed by atoms with van der Waals surface area (Å²) in [7, 11) is 0. The van der Waals surface area contributed by atoms with E-state index in [4.69, 9.17) is 28.4 Å². The third-order valence-electron chi connectivity index (χ3n) is 10.1. The average Bonchev–Trinajstić information content (AvgIpc) is 4.11. The van der Waals surface area contributed by atoms with Crippen molar-refractivity contribution in [1.82, 2.24) is 0 Å². The van der Waals surface area contributed by atoms with E-state index in [9.17, 15) is 9.59 Å². The van der Waals surface area contributed by atoms with Crippen LogP contribution >= 0.6 is 0 Å². The van der Waals surface area contributed by atoms with Crippen LogP contribution in [0.5, 0.6) is 23.0 Å². The second kappa shape index (κ2) is 17.2. The highest BCUT2D eigenvalue weighted by atomic mass is 16.6. The number of hydrogen-bond acceptors (Lipinski definition) is 8. The number of esters is 2. The van der Waals surface area contributed by atoms with Gasteiger partial charge in [-0.2, -0.15) is 0 Å². The van der Waals surface area contributed by atoms with Gasteiger partial charge >= 0.3 is 11.9 Å². The maximum atomic E-state index is 13.0. The highest BCUT2D eigenvalue weighted by molar-refractivity contribution is 5.92. The Morgan fingerprint density at radius 1 is 0.538 bits per heavy atom. The molecule has 0 radical (unpaired) electrons. The van der Waals surface area contributed by atoms with E-state index in [0.29, 0.717) is 48.0 Å². The molecule has 2 heterocycles. The summed E-state index contributed by atoms with van der Waals surface area (Å²) in [5.74, 6) is 1.63. The van der Waals surface area contributed by atoms with Crippen molar-refractivity contribution in [2.75, 3.05) is 26.4 Å². The molecule has 8 nitrogen and oxygen atoms in total. The predicted molar refractivity (Wildman–Crippen MR) is 199 cm³/mol. The molecule has 0 aromatic heterocycles. The topological polar surface area (TPSA) is 96.1 Å². The van der Waals surface area contributed by atoms with Gasteiger partial charge in [0.1, 0.15) is 23.0 Å². The van der Waals surface area contributed by atoms with Crippen LogP contribution in [0.4, 0.5) is 0 Å². The van der Waals surface area contributed by atoms with E-state index in [1.165, 1.54) is 38.5 Å². The Kier molecular flexibility index (Phi) is 11.8. The van der Waals surface area contributed by atoms with E-state index in [1.807, 2.05) is 60.7 Å². The molecular formula is C44H48O8. The van der Waals surface area contributed by atoms with Crippen molar-refractivity contribution in [3.8, 4) is 34.1 Å². The Balaban J connectivity index is 0.863. The van der Waals surface area contributed by atoms with Crippen molar-refractivity contribution in [3.63, 3.8) is 0 Å². The second-order valence-electron chi connectivity index (χ2n) is 14.1. The van der Waals surface area contributed by atoms with Gasteiger partial charge in [-0.1, -0.05) is 57.6 Å². The molecule has 1 aliphatic carbocycles. The molecule has 8 heteroatoms. The fourth-order valence-corrected chi connectivity index (χ4v) is 6.79. The van der Waals surface area contributed by atoms with Gasteiger partial charge in [0, 0.05) is 5.92 Å². The number of hydrogen-bond donors (Lipinski definition) is 0. The lowest BCUT2D eigenvalue weighted by molar-refractivity contribution is 0.0725. The molecule has 272 valence electrons. The Morgan fingerprint density at radius 2 is 0.923 bits per heavy atom. The smallest absolute Gasteiger partial charge is 0.343 e. The summed E-state index contributed by atoms with van der Waals surface area (Å²) >= 11 is 0. The summed E-state index contributed by atoms with van der Waals surface area (Å²) in [6.07, 6.45) is 12.5. The van der Waals surface area contributed by atoms with Gasteiger partial charge in [-0.25, -0.2) is 9.59 Å². The van der Waals surface area contributed by atoms with E-state index < -0.39 is 11.9 Å². The van der Waals surface area contributed by atoms with Gasteiger partial charge in [-0.15, -0.1) is 0 Å². The average molecular weight is 705 g/mol. The molecule has 3 aliphatic rings. The zero-order valence-electron chi connectivity index (χ0n) is 30.0. The summed E-state index contributed by atoms with van der Waals surface area (Å²) in [4.78, 5) is 26.0. The van der Waals surface area contributed by atoms with Crippen molar-refractivity contribution in [3.05, 3.63) is 107 Å². The van der Waals surface area contributed by atoms with Crippen molar-refractivity contribution in [2.45, 2.75) is 89.3 Å². The third-order valence-corrected chi connectivity index (χ3v) is 10.1. The van der Waals surface area contributed by atoms with Crippen molar-refractivity contribution < 1.29 is 38.0 Å². The largest absolute Gasteiger partial charge is 0.494 e. The summed E-state index contributed by atoms with van der Waals surface area (Å²) in [6, 6.07) is 25.6. The highest BCUT2D eigenvalue weighted by Crippen LogP contribution is 2.47. The van der Waals surface area contributed by atoms with Crippen LogP contribution in [-0.2, 0) is 9.47 Å². The van der Waals surface area contributed by atoms with Crippen LogP contribution in [0.3, 0.4) is 0 Å². The molecule has 0 spiro atoms. The first-order chi connectivity index (χ1) is 25.5. The van der Waals surface area contributed by atoms with Gasteiger partial charge in [0.2, 0.25) is 0 Å². The Hall–Kier alpha value is -4.66. The Morgan fingerprint density at radius 3 is 1.33 bits per heavy atom. The number of carbonyl (C=O) groups excluding carboxylic acids is 2. The van der Waals surface area contributed by atoms with Gasteiger partial charge in [0.25, 0.3) is 0 Å². The lowest BCUT2D eigenvalue weighted by Crippen LogP contribution is -2.09. The van der Waals surface area contributed by atoms with Crippen LogP contribution in [0.2, 0.25) is 0 Å². The van der Waals surface area contributed by atoms with Crippen molar-refractivity contribution in [1.29, 1.82) is 0 Å². The fraction of sp³-hybridized carbons (Fsp3) is 0.409. The molecule has 52 heavy (non-hydrogen) atoms. The first kappa shape index (κ1) is 35.7. The predicted octanol–water partition coefficient (Wildman–Crippen LogP) is 9.71. The normalized spacial score (nSPS) is 17.9. The monoisotopic (exact) mass is 704 g/mol. The lowest BCUT2D eigenvalue weighted by atomic mass is 9.99. The van der Waals surface area contributed by atoms with E-state index in [0.717, 1.165) is 72.6 Å². The lowest BCUT2D eigenvalue weighted by Gasteiger charge is -2.11. The quantitative estimate of drug-likeness (QED) is 0.0388. The zero-order valence-corrected chi connectivity index (χ0v) is 30.0. The van der Waals surface area contributed by atoms with Crippen molar-refractivity contribution in [2.24, 2.45) is 0 Å². The molecule has 0 bridgehead atoms. The molecule has 2 atom stereocenters. The molecule has 2 aliphatic heterocycles. The van der Waals surface area contributed by atoms with Crippen LogP contribution in [0.1, 0.15) is 109 Å². The number of rotatable bonds is 20. The number of ether oxygens (including phenoxy) is 6. The molecule has 2 saturated heterocycles. The first-order valence-corrected chi connectivity index (χ1v) is 18.9. The summed E-state index contributed by atoms with van der Waals surface area (Å²) in [5, 5.41) is 0. The summed E-state index contributed by atoms with van der Waals surface area (Å²) in [5.41, 5.74) is 5.17. The maximum absolute atomic E-state index is 13.0. The maximum Gasteiger partial charge on any atom is 0.343 e. The van der Waals surface area contributed by atoms with Gasteiger partial charge < -0.3 is 28.4 Å². The molecule has 2 fully saturated rings. The molecule has 2 unspecified atom stereocenters. The van der Waals surface area contributed by atoms with Crippen LogP contribution in [0, 0.1) is 0 Å². The van der Waals surface area contributed by atoms with Crippen LogP contribution in [-0.4, -0.2) is 50.6 Å². The number of unbranched alkanes of at least 4 members (excludes halogenated alkanes) is 6. The van der Waals surface area contributed by atoms with Gasteiger partial charge in [-0.3, -0.25) is 0 Å². The van der Waals surface area contributed by atoms with Gasteiger partial charge in [0.05, 0.1) is 49.8 Å². The van der Waals surface area contributed by atoms with E-state index in [-0.39, 0.29) is 5.92 Å². The van der Waals surface area contributed by atoms with E-state index >= 15 is 0 Å². The molecule has 4 aromatic carbocycles. The molecule has 4 aromatic rings. The summed E-state index contributed by atoms with van der Waals surface area (Å²) < 4.78 is 33.8. The minimum atomic E-state index is -0.422. The first-order valence-electron chi connectivity index (χ1n) is 18.9. The molecule has 7 rings (SSSR count). The van der Waals surface area contributed by atoms with Crippen molar-refractivity contribution >= 4 is 11.9 Å². The minimum Gasteiger partial charge on any atom is -0.494 e. The molecular weight excluding hydrogens is 656 g/mol. The van der Waals surface area contributed by atoms with Crippen LogP contribution in [0.15, 0.2) is 84.9 Å². The Bertz CT molecular complexity index is 1670. The standard InChI is InChI=1S/C44H48O8/c1-30-41-26-35(51-43(45)31-12-16-33(17-13-31)47-24-8-4-2-6-10-37-28-49-37)20-22-39(41)40-23-21-36(27-42(30)40)52-44(46)32-14-18-34(19-15-32)48-25-9-5-3-7-11-38-29-50-38/h12-23,26-27,30,37-38H,2-11,24-25,28-29H2,1H3. The third kappa shape index (κ3) is 9.81. The van der Waals surface area contributed by atoms with Gasteiger partial charge in [0.15, 0.2) is 0 Å². The van der Waals surface area contributed by atoms with Gasteiger partial charge in [-0.05, 0) is 121 Å². The minimum absolute atomic E-state index is 0.0228. The Labute approximate surface area is 306 Å². The second-order valence-corrected chi connectivity index (χ2v) is 14.1. The van der Waals surface area contributed by atoms with E-state index in [1.54, 1.807) is 24.3 Å². The molecule has 0 amide bonds. The van der Waals surface area contributed by atoms with Crippen LogP contribution in [0.25, 0.3) is 11.1 Å². The highest BCUT2D eigenvalue weighted by Gasteiger charge is 2.27. The zero-order chi connectivity index (χ0) is 35.7. The molecule has 0 saturated carbocycles. The number of fused-ring (bicyclic) bond motifs is 3. The number of epoxide rings is 2. The fourth-order valence-electron chi connectivity index (χ4n) is 6.79. The van der Waals surface area contributed by atoms with E-state index in [2.05, 4.69) is 6.92 Å². The summed E-state index contributed by atoms with van der Waals surface area (Å²) in [6.45, 7) is 5.28. The van der Waals surface area contributed by atoms with Crippen LogP contribution < -0.4 is 18.9 Å². The SMILES string of the molecule is CC1c2cc(OC(=O)c3ccc(OCCCCCCC4CO4)cc3)ccc2-c2ccc(OC(=O)c3ccc(OCCCCCCC4CO4)cc3)cc21. The molecule has 0 N–H and O–H groups in total. The number of benzene rings is 4. The number of carbonyl (C=O) groups is 2.